The Morgan fingerprint density at radius 3 is 2.61 bits per heavy atom. The Morgan fingerprint density at radius 1 is 1.50 bits per heavy atom. The molecule has 0 saturated heterocycles. The molecule has 1 aromatic heterocycles. The number of hydrogen-bond acceptors (Lipinski definition) is 6. The standard InChI is InChI=1S/C11H19N5O2/c1-11(2,3)10-15-7(12)4-8(16-10)14-5-6(17)9(13)18/h4,6,17H,5H2,1-3H3,(H2,13,18)(H3,12,14,15,16). The first kappa shape index (κ1) is 14.2. The highest BCUT2D eigenvalue weighted by atomic mass is 16.3. The maximum atomic E-state index is 10.7. The van der Waals surface area contributed by atoms with Gasteiger partial charge in [0.25, 0.3) is 0 Å². The Morgan fingerprint density at radius 2 is 2.11 bits per heavy atom. The van der Waals surface area contributed by atoms with Crippen LogP contribution in [0.4, 0.5) is 11.6 Å². The highest BCUT2D eigenvalue weighted by Gasteiger charge is 2.19. The smallest absolute Gasteiger partial charge is 0.248 e. The maximum absolute atomic E-state index is 10.7. The molecule has 0 saturated carbocycles. The predicted octanol–water partition coefficient (Wildman–Crippen LogP) is -0.386. The zero-order valence-electron chi connectivity index (χ0n) is 10.8. The summed E-state index contributed by atoms with van der Waals surface area (Å²) < 4.78 is 0. The van der Waals surface area contributed by atoms with E-state index in [1.165, 1.54) is 6.07 Å². The number of amides is 1. The van der Waals surface area contributed by atoms with Gasteiger partial charge < -0.3 is 21.9 Å². The predicted molar refractivity (Wildman–Crippen MR) is 68.8 cm³/mol. The van der Waals surface area contributed by atoms with E-state index in [1.54, 1.807) is 0 Å². The van der Waals surface area contributed by atoms with E-state index >= 15 is 0 Å². The van der Waals surface area contributed by atoms with E-state index in [0.29, 0.717) is 17.5 Å². The largest absolute Gasteiger partial charge is 0.384 e. The lowest BCUT2D eigenvalue weighted by atomic mass is 9.96. The van der Waals surface area contributed by atoms with Crippen molar-refractivity contribution in [2.24, 2.45) is 5.73 Å². The van der Waals surface area contributed by atoms with Gasteiger partial charge in [-0.2, -0.15) is 0 Å². The topological polar surface area (TPSA) is 127 Å². The SMILES string of the molecule is CC(C)(C)c1nc(N)cc(NCC(O)C(N)=O)n1. The first-order chi connectivity index (χ1) is 8.20. The van der Waals surface area contributed by atoms with Gasteiger partial charge in [0.1, 0.15) is 23.6 Å². The summed E-state index contributed by atoms with van der Waals surface area (Å²) in [6.07, 6.45) is -1.26. The number of aromatic nitrogens is 2. The van der Waals surface area contributed by atoms with Crippen molar-refractivity contribution >= 4 is 17.5 Å². The number of carbonyl (C=O) groups excluding carboxylic acids is 1. The van der Waals surface area contributed by atoms with Gasteiger partial charge in [-0.05, 0) is 0 Å². The quantitative estimate of drug-likeness (QED) is 0.579. The van der Waals surface area contributed by atoms with Crippen LogP contribution in [-0.2, 0) is 10.2 Å². The van der Waals surface area contributed by atoms with Crippen LogP contribution >= 0.6 is 0 Å². The molecule has 7 heteroatoms. The van der Waals surface area contributed by atoms with E-state index in [1.807, 2.05) is 20.8 Å². The highest BCUT2D eigenvalue weighted by molar-refractivity contribution is 5.79. The van der Waals surface area contributed by atoms with Crippen LogP contribution in [0.25, 0.3) is 0 Å². The Bertz CT molecular complexity index is 442. The third-order valence-electron chi connectivity index (χ3n) is 2.22. The minimum atomic E-state index is -1.26. The summed E-state index contributed by atoms with van der Waals surface area (Å²) in [4.78, 5) is 19.1. The molecule has 1 rings (SSSR count). The molecule has 0 aliphatic rings. The van der Waals surface area contributed by atoms with Gasteiger partial charge in [-0.25, -0.2) is 9.97 Å². The maximum Gasteiger partial charge on any atom is 0.248 e. The van der Waals surface area contributed by atoms with Gasteiger partial charge in [0.15, 0.2) is 0 Å². The molecular formula is C11H19N5O2. The van der Waals surface area contributed by atoms with Crippen molar-refractivity contribution < 1.29 is 9.90 Å². The van der Waals surface area contributed by atoms with Crippen LogP contribution < -0.4 is 16.8 Å². The number of aliphatic hydroxyl groups excluding tert-OH is 1. The fourth-order valence-electron chi connectivity index (χ4n) is 1.19. The number of rotatable bonds is 4. The number of hydrogen-bond donors (Lipinski definition) is 4. The molecule has 0 fully saturated rings. The van der Waals surface area contributed by atoms with Crippen LogP contribution in [0.15, 0.2) is 6.07 Å². The molecule has 0 bridgehead atoms. The van der Waals surface area contributed by atoms with E-state index in [9.17, 15) is 9.90 Å². The zero-order valence-corrected chi connectivity index (χ0v) is 10.8. The lowest BCUT2D eigenvalue weighted by Crippen LogP contribution is -2.34. The number of carbonyl (C=O) groups is 1. The third kappa shape index (κ3) is 3.85. The van der Waals surface area contributed by atoms with E-state index in [2.05, 4.69) is 15.3 Å². The molecule has 0 aromatic carbocycles. The molecule has 100 valence electrons. The van der Waals surface area contributed by atoms with Crippen LogP contribution in [0.1, 0.15) is 26.6 Å². The van der Waals surface area contributed by atoms with Crippen molar-refractivity contribution in [2.75, 3.05) is 17.6 Å². The first-order valence-electron chi connectivity index (χ1n) is 5.56. The number of nitrogens with zero attached hydrogens (tertiary/aromatic N) is 2. The highest BCUT2D eigenvalue weighted by Crippen LogP contribution is 2.21. The molecule has 0 aliphatic carbocycles. The second-order valence-electron chi connectivity index (χ2n) is 5.05. The molecule has 7 nitrogen and oxygen atoms in total. The van der Waals surface area contributed by atoms with Crippen LogP contribution in [-0.4, -0.2) is 33.6 Å². The van der Waals surface area contributed by atoms with Crippen molar-refractivity contribution in [3.05, 3.63) is 11.9 Å². The van der Waals surface area contributed by atoms with Crippen molar-refractivity contribution in [3.8, 4) is 0 Å². The fraction of sp³-hybridized carbons (Fsp3) is 0.545. The van der Waals surface area contributed by atoms with Crippen molar-refractivity contribution in [1.29, 1.82) is 0 Å². The lowest BCUT2D eigenvalue weighted by Gasteiger charge is -2.18. The Kier molecular flexibility index (Phi) is 4.07. The molecule has 1 aromatic rings. The summed E-state index contributed by atoms with van der Waals surface area (Å²) in [5, 5.41) is 12.1. The molecule has 0 radical (unpaired) electrons. The van der Waals surface area contributed by atoms with Gasteiger partial charge in [-0.1, -0.05) is 20.8 Å². The number of nitrogens with two attached hydrogens (primary N) is 2. The molecule has 0 spiro atoms. The van der Waals surface area contributed by atoms with Crippen molar-refractivity contribution in [1.82, 2.24) is 9.97 Å². The summed E-state index contributed by atoms with van der Waals surface area (Å²) >= 11 is 0. The summed E-state index contributed by atoms with van der Waals surface area (Å²) in [7, 11) is 0. The molecule has 1 amide bonds. The van der Waals surface area contributed by atoms with Gasteiger partial charge in [0.05, 0.1) is 6.54 Å². The Balaban J connectivity index is 2.84. The number of nitrogen functional groups attached to an aromatic ring is 1. The van der Waals surface area contributed by atoms with Gasteiger partial charge in [0.2, 0.25) is 5.91 Å². The molecule has 18 heavy (non-hydrogen) atoms. The van der Waals surface area contributed by atoms with Crippen LogP contribution in [0.3, 0.4) is 0 Å². The third-order valence-corrected chi connectivity index (χ3v) is 2.22. The number of anilines is 2. The van der Waals surface area contributed by atoms with E-state index in [4.69, 9.17) is 11.5 Å². The van der Waals surface area contributed by atoms with E-state index in [0.717, 1.165) is 0 Å². The zero-order chi connectivity index (χ0) is 13.9. The summed E-state index contributed by atoms with van der Waals surface area (Å²) in [6, 6.07) is 1.53. The molecule has 6 N–H and O–H groups in total. The number of primary amides is 1. The Hall–Kier alpha value is -1.89. The normalized spacial score (nSPS) is 13.1. The van der Waals surface area contributed by atoms with E-state index in [-0.39, 0.29) is 12.0 Å². The molecule has 1 unspecified atom stereocenters. The number of aliphatic hydroxyl groups is 1. The monoisotopic (exact) mass is 253 g/mol. The fourth-order valence-corrected chi connectivity index (χ4v) is 1.19. The van der Waals surface area contributed by atoms with Gasteiger partial charge in [-0.15, -0.1) is 0 Å². The second kappa shape index (κ2) is 5.18. The molecule has 0 aliphatic heterocycles. The molecule has 1 atom stereocenters. The molecule has 1 heterocycles. The lowest BCUT2D eigenvalue weighted by molar-refractivity contribution is -0.125. The van der Waals surface area contributed by atoms with Crippen LogP contribution in [0.2, 0.25) is 0 Å². The minimum Gasteiger partial charge on any atom is -0.384 e. The van der Waals surface area contributed by atoms with Crippen molar-refractivity contribution in [2.45, 2.75) is 32.3 Å². The molecular weight excluding hydrogens is 234 g/mol. The second-order valence-corrected chi connectivity index (χ2v) is 5.05. The summed E-state index contributed by atoms with van der Waals surface area (Å²) in [5.41, 5.74) is 10.4. The van der Waals surface area contributed by atoms with Crippen molar-refractivity contribution in [3.63, 3.8) is 0 Å². The van der Waals surface area contributed by atoms with Gasteiger partial charge in [0, 0.05) is 11.5 Å². The first-order valence-corrected chi connectivity index (χ1v) is 5.56. The summed E-state index contributed by atoms with van der Waals surface area (Å²) in [6.45, 7) is 5.87. The minimum absolute atomic E-state index is 0.0185. The summed E-state index contributed by atoms with van der Waals surface area (Å²) in [5.74, 6) is 0.567. The average Bonchev–Trinajstić information content (AvgIpc) is 2.23. The van der Waals surface area contributed by atoms with Gasteiger partial charge >= 0.3 is 0 Å². The van der Waals surface area contributed by atoms with E-state index < -0.39 is 12.0 Å². The van der Waals surface area contributed by atoms with Gasteiger partial charge in [-0.3, -0.25) is 4.79 Å². The number of nitrogens with one attached hydrogen (secondary N) is 1. The average molecular weight is 253 g/mol. The van der Waals surface area contributed by atoms with Crippen LogP contribution in [0.5, 0.6) is 0 Å². The van der Waals surface area contributed by atoms with Crippen LogP contribution in [0, 0.1) is 0 Å². The Labute approximate surface area is 106 Å².